The molecule has 0 unspecified atom stereocenters. The van der Waals surface area contributed by atoms with Gasteiger partial charge in [-0.25, -0.2) is 0 Å². The van der Waals surface area contributed by atoms with Crippen LogP contribution in [0.1, 0.15) is 25.0 Å². The number of ether oxygens (including phenoxy) is 2. The first-order valence-corrected chi connectivity index (χ1v) is 6.85. The monoisotopic (exact) mass is 290 g/mol. The van der Waals surface area contributed by atoms with Crippen LogP contribution in [0.3, 0.4) is 0 Å². The highest BCUT2D eigenvalue weighted by Crippen LogP contribution is 2.39. The lowest BCUT2D eigenvalue weighted by atomic mass is 9.77. The molecule has 3 heteroatoms. The summed E-state index contributed by atoms with van der Waals surface area (Å²) in [6.07, 6.45) is 0. The molecule has 0 bridgehead atoms. The molecule has 0 spiro atoms. The van der Waals surface area contributed by atoms with E-state index in [0.29, 0.717) is 0 Å². The van der Waals surface area contributed by atoms with Gasteiger partial charge in [0, 0.05) is 22.1 Å². The first-order chi connectivity index (χ1) is 9.48. The van der Waals surface area contributed by atoms with Crippen molar-refractivity contribution >= 4 is 11.6 Å². The average molecular weight is 291 g/mol. The number of methoxy groups -OCH3 is 2. The minimum absolute atomic E-state index is 0.178. The maximum Gasteiger partial charge on any atom is 0.126 e. The highest BCUT2D eigenvalue weighted by atomic mass is 35.5. The van der Waals surface area contributed by atoms with E-state index in [1.165, 1.54) is 5.56 Å². The molecule has 0 aliphatic rings. The fraction of sp³-hybridized carbons (Fsp3) is 0.294. The molecular formula is C17H19ClO2. The fourth-order valence-electron chi connectivity index (χ4n) is 2.34. The Labute approximate surface area is 125 Å². The van der Waals surface area contributed by atoms with Crippen LogP contribution in [0.25, 0.3) is 0 Å². The molecule has 0 N–H and O–H groups in total. The van der Waals surface area contributed by atoms with Gasteiger partial charge in [0.25, 0.3) is 0 Å². The van der Waals surface area contributed by atoms with Crippen LogP contribution in [0, 0.1) is 0 Å². The Morgan fingerprint density at radius 2 is 1.55 bits per heavy atom. The van der Waals surface area contributed by atoms with Gasteiger partial charge in [-0.3, -0.25) is 0 Å². The van der Waals surface area contributed by atoms with Gasteiger partial charge in [-0.1, -0.05) is 43.6 Å². The van der Waals surface area contributed by atoms with Crippen LogP contribution < -0.4 is 9.47 Å². The average Bonchev–Trinajstić information content (AvgIpc) is 2.46. The van der Waals surface area contributed by atoms with Gasteiger partial charge in [-0.15, -0.1) is 0 Å². The summed E-state index contributed by atoms with van der Waals surface area (Å²) in [6.45, 7) is 4.33. The molecule has 0 fully saturated rings. The van der Waals surface area contributed by atoms with Crippen molar-refractivity contribution in [3.63, 3.8) is 0 Å². The zero-order chi connectivity index (χ0) is 14.8. The van der Waals surface area contributed by atoms with E-state index in [2.05, 4.69) is 13.8 Å². The third kappa shape index (κ3) is 2.75. The van der Waals surface area contributed by atoms with Crippen molar-refractivity contribution in [3.8, 4) is 11.5 Å². The standard InChI is InChI=1S/C17H19ClO2/c1-17(2,12-5-7-13(18)8-6-12)15-10-9-14(19-3)11-16(15)20-4/h5-11H,1-4H3. The van der Waals surface area contributed by atoms with Crippen LogP contribution in [-0.4, -0.2) is 14.2 Å². The summed E-state index contributed by atoms with van der Waals surface area (Å²) in [6, 6.07) is 13.8. The fourth-order valence-corrected chi connectivity index (χ4v) is 2.46. The lowest BCUT2D eigenvalue weighted by Gasteiger charge is -2.28. The Balaban J connectivity index is 2.50. The van der Waals surface area contributed by atoms with Crippen LogP contribution in [-0.2, 0) is 5.41 Å². The van der Waals surface area contributed by atoms with E-state index in [1.807, 2.05) is 42.5 Å². The smallest absolute Gasteiger partial charge is 0.126 e. The van der Waals surface area contributed by atoms with Crippen LogP contribution in [0.5, 0.6) is 11.5 Å². The van der Waals surface area contributed by atoms with Gasteiger partial charge in [-0.05, 0) is 23.8 Å². The minimum Gasteiger partial charge on any atom is -0.497 e. The molecule has 0 aliphatic carbocycles. The topological polar surface area (TPSA) is 18.5 Å². The summed E-state index contributed by atoms with van der Waals surface area (Å²) >= 11 is 5.96. The second-order valence-corrected chi connectivity index (χ2v) is 5.63. The second-order valence-electron chi connectivity index (χ2n) is 5.20. The SMILES string of the molecule is COc1ccc(C(C)(C)c2ccc(Cl)cc2)c(OC)c1. The van der Waals surface area contributed by atoms with Gasteiger partial charge in [0.1, 0.15) is 11.5 Å². The Kier molecular flexibility index (Phi) is 4.24. The quantitative estimate of drug-likeness (QED) is 0.814. The largest absolute Gasteiger partial charge is 0.497 e. The van der Waals surface area contributed by atoms with Gasteiger partial charge in [-0.2, -0.15) is 0 Å². The molecule has 2 aromatic carbocycles. The number of hydrogen-bond donors (Lipinski definition) is 0. The summed E-state index contributed by atoms with van der Waals surface area (Å²) in [4.78, 5) is 0. The first-order valence-electron chi connectivity index (χ1n) is 6.47. The summed E-state index contributed by atoms with van der Waals surface area (Å²) in [5.41, 5.74) is 2.12. The maximum absolute atomic E-state index is 5.96. The highest BCUT2D eigenvalue weighted by molar-refractivity contribution is 6.30. The van der Waals surface area contributed by atoms with Crippen molar-refractivity contribution < 1.29 is 9.47 Å². The zero-order valence-corrected chi connectivity index (χ0v) is 13.0. The molecule has 2 nitrogen and oxygen atoms in total. The molecule has 0 saturated carbocycles. The van der Waals surface area contributed by atoms with E-state index in [1.54, 1.807) is 14.2 Å². The molecule has 106 valence electrons. The summed E-state index contributed by atoms with van der Waals surface area (Å²) < 4.78 is 10.8. The molecule has 0 heterocycles. The minimum atomic E-state index is -0.178. The molecule has 0 amide bonds. The normalized spacial score (nSPS) is 11.2. The molecule has 0 saturated heterocycles. The van der Waals surface area contributed by atoms with Crippen LogP contribution >= 0.6 is 11.6 Å². The third-order valence-electron chi connectivity index (χ3n) is 3.65. The van der Waals surface area contributed by atoms with E-state index in [9.17, 15) is 0 Å². The predicted molar refractivity (Wildman–Crippen MR) is 83.1 cm³/mol. The van der Waals surface area contributed by atoms with Crippen LogP contribution in [0.15, 0.2) is 42.5 Å². The van der Waals surface area contributed by atoms with Gasteiger partial charge >= 0.3 is 0 Å². The lowest BCUT2D eigenvalue weighted by molar-refractivity contribution is 0.385. The lowest BCUT2D eigenvalue weighted by Crippen LogP contribution is -2.19. The summed E-state index contributed by atoms with van der Waals surface area (Å²) in [5.74, 6) is 1.61. The molecular weight excluding hydrogens is 272 g/mol. The molecule has 2 aromatic rings. The first kappa shape index (κ1) is 14.7. The molecule has 20 heavy (non-hydrogen) atoms. The predicted octanol–water partition coefficient (Wildman–Crippen LogP) is 4.68. The number of rotatable bonds is 4. The second kappa shape index (κ2) is 5.76. The van der Waals surface area contributed by atoms with Gasteiger partial charge < -0.3 is 9.47 Å². The van der Waals surface area contributed by atoms with Crippen molar-refractivity contribution in [2.75, 3.05) is 14.2 Å². The van der Waals surface area contributed by atoms with Crippen molar-refractivity contribution in [2.45, 2.75) is 19.3 Å². The van der Waals surface area contributed by atoms with E-state index < -0.39 is 0 Å². The van der Waals surface area contributed by atoms with Crippen molar-refractivity contribution in [2.24, 2.45) is 0 Å². The molecule has 0 aromatic heterocycles. The van der Waals surface area contributed by atoms with Crippen molar-refractivity contribution in [3.05, 3.63) is 58.6 Å². The van der Waals surface area contributed by atoms with Crippen molar-refractivity contribution in [1.29, 1.82) is 0 Å². The number of benzene rings is 2. The van der Waals surface area contributed by atoms with E-state index in [0.717, 1.165) is 22.1 Å². The Bertz CT molecular complexity index is 588. The number of halogens is 1. The van der Waals surface area contributed by atoms with Crippen LogP contribution in [0.4, 0.5) is 0 Å². The summed E-state index contributed by atoms with van der Waals surface area (Å²) in [7, 11) is 3.33. The molecule has 0 radical (unpaired) electrons. The molecule has 0 atom stereocenters. The number of hydrogen-bond acceptors (Lipinski definition) is 2. The van der Waals surface area contributed by atoms with E-state index in [-0.39, 0.29) is 5.41 Å². The Hall–Kier alpha value is -1.67. The molecule has 0 aliphatic heterocycles. The summed E-state index contributed by atoms with van der Waals surface area (Å²) in [5, 5.41) is 0.742. The highest BCUT2D eigenvalue weighted by Gasteiger charge is 2.26. The van der Waals surface area contributed by atoms with Gasteiger partial charge in [0.15, 0.2) is 0 Å². The van der Waals surface area contributed by atoms with Crippen molar-refractivity contribution in [1.82, 2.24) is 0 Å². The van der Waals surface area contributed by atoms with Gasteiger partial charge in [0.05, 0.1) is 14.2 Å². The maximum atomic E-state index is 5.96. The Morgan fingerprint density at radius 1 is 0.900 bits per heavy atom. The van der Waals surface area contributed by atoms with E-state index in [4.69, 9.17) is 21.1 Å². The molecule has 2 rings (SSSR count). The zero-order valence-electron chi connectivity index (χ0n) is 12.2. The van der Waals surface area contributed by atoms with Crippen LogP contribution in [0.2, 0.25) is 5.02 Å². The third-order valence-corrected chi connectivity index (χ3v) is 3.90. The van der Waals surface area contributed by atoms with Gasteiger partial charge in [0.2, 0.25) is 0 Å². The van der Waals surface area contributed by atoms with E-state index >= 15 is 0 Å². The Morgan fingerprint density at radius 3 is 2.10 bits per heavy atom.